The predicted octanol–water partition coefficient (Wildman–Crippen LogP) is 2.62. The van der Waals surface area contributed by atoms with Gasteiger partial charge in [0.25, 0.3) is 0 Å². The number of rotatable bonds is 4. The van der Waals surface area contributed by atoms with E-state index in [4.69, 9.17) is 4.74 Å². The lowest BCUT2D eigenvalue weighted by molar-refractivity contribution is -0.146. The first kappa shape index (κ1) is 18.0. The summed E-state index contributed by atoms with van der Waals surface area (Å²) in [6, 6.07) is 7.59. The highest BCUT2D eigenvalue weighted by molar-refractivity contribution is 6.08. The fraction of sp³-hybridized carbons (Fsp3) is 0.571. The van der Waals surface area contributed by atoms with Crippen molar-refractivity contribution in [1.29, 1.82) is 0 Å². The fourth-order valence-electron chi connectivity index (χ4n) is 5.71. The molecule has 0 saturated carbocycles. The topological polar surface area (TPSA) is 75.7 Å². The number of nitrogens with zero attached hydrogens (tertiary/aromatic N) is 1. The average molecular weight is 370 g/mol. The molecule has 2 fully saturated rings. The van der Waals surface area contributed by atoms with Crippen LogP contribution in [0.4, 0.5) is 5.69 Å². The van der Waals surface area contributed by atoms with Crippen LogP contribution in [-0.4, -0.2) is 42.4 Å². The standard InChI is InChI=1S/C21H26N2O4/c1-3-20(11-9-17(25)27-2)10-8-16(24)23-13-12-21(18(20)23)14-6-4-5-7-15(14)22-19(21)26/h4-7,18H,3,8-13H2,1-2H3,(H,22,26)/t18-,20-,21-/m0/s1. The lowest BCUT2D eigenvalue weighted by Gasteiger charge is -2.51. The molecule has 1 N–H and O–H groups in total. The van der Waals surface area contributed by atoms with Gasteiger partial charge in [-0.3, -0.25) is 14.4 Å². The summed E-state index contributed by atoms with van der Waals surface area (Å²) in [5.74, 6) is -0.132. The lowest BCUT2D eigenvalue weighted by Crippen LogP contribution is -2.60. The van der Waals surface area contributed by atoms with E-state index in [9.17, 15) is 14.4 Å². The normalized spacial score (nSPS) is 31.6. The van der Waals surface area contributed by atoms with E-state index in [1.807, 2.05) is 29.2 Å². The molecule has 2 saturated heterocycles. The van der Waals surface area contributed by atoms with Gasteiger partial charge in [-0.2, -0.15) is 0 Å². The molecule has 0 aliphatic carbocycles. The molecule has 2 amide bonds. The summed E-state index contributed by atoms with van der Waals surface area (Å²) < 4.78 is 4.86. The highest BCUT2D eigenvalue weighted by atomic mass is 16.5. The number of anilines is 1. The van der Waals surface area contributed by atoms with E-state index in [2.05, 4.69) is 12.2 Å². The highest BCUT2D eigenvalue weighted by Gasteiger charge is 2.65. The number of benzene rings is 1. The number of esters is 1. The minimum atomic E-state index is -0.723. The number of amides is 2. The van der Waals surface area contributed by atoms with Crippen LogP contribution in [0, 0.1) is 5.41 Å². The molecule has 27 heavy (non-hydrogen) atoms. The van der Waals surface area contributed by atoms with Gasteiger partial charge in [0.15, 0.2) is 0 Å². The molecule has 3 heterocycles. The van der Waals surface area contributed by atoms with E-state index in [0.29, 0.717) is 38.6 Å². The molecular formula is C21H26N2O4. The second-order valence-electron chi connectivity index (χ2n) is 8.00. The van der Waals surface area contributed by atoms with Crippen molar-refractivity contribution in [3.05, 3.63) is 29.8 Å². The Hall–Kier alpha value is -2.37. The maximum absolute atomic E-state index is 13.3. The zero-order valence-corrected chi connectivity index (χ0v) is 15.9. The van der Waals surface area contributed by atoms with E-state index in [1.54, 1.807) is 0 Å². The van der Waals surface area contributed by atoms with E-state index in [1.165, 1.54) is 7.11 Å². The van der Waals surface area contributed by atoms with Crippen LogP contribution in [0.2, 0.25) is 0 Å². The third-order valence-electron chi connectivity index (χ3n) is 7.08. The number of ether oxygens (including phenoxy) is 1. The highest BCUT2D eigenvalue weighted by Crippen LogP contribution is 2.58. The van der Waals surface area contributed by atoms with Gasteiger partial charge in [-0.25, -0.2) is 0 Å². The molecule has 6 nitrogen and oxygen atoms in total. The Morgan fingerprint density at radius 1 is 1.30 bits per heavy atom. The second kappa shape index (κ2) is 6.36. The van der Waals surface area contributed by atoms with Crippen molar-refractivity contribution in [2.45, 2.75) is 56.9 Å². The summed E-state index contributed by atoms with van der Waals surface area (Å²) in [6.45, 7) is 2.70. The van der Waals surface area contributed by atoms with Crippen LogP contribution in [0.1, 0.15) is 51.0 Å². The summed E-state index contributed by atoms with van der Waals surface area (Å²) in [6.07, 6.45) is 3.56. The van der Waals surface area contributed by atoms with Gasteiger partial charge in [-0.15, -0.1) is 0 Å². The number of fused-ring (bicyclic) bond motifs is 4. The number of piperidine rings is 1. The number of hydrogen-bond donors (Lipinski definition) is 1. The maximum Gasteiger partial charge on any atom is 0.305 e. The molecule has 4 rings (SSSR count). The Morgan fingerprint density at radius 2 is 2.07 bits per heavy atom. The second-order valence-corrected chi connectivity index (χ2v) is 8.00. The van der Waals surface area contributed by atoms with E-state index < -0.39 is 5.41 Å². The van der Waals surface area contributed by atoms with E-state index in [0.717, 1.165) is 17.7 Å². The van der Waals surface area contributed by atoms with Gasteiger partial charge in [0.2, 0.25) is 11.8 Å². The number of carbonyl (C=O) groups excluding carboxylic acids is 3. The van der Waals surface area contributed by atoms with Crippen molar-refractivity contribution in [3.63, 3.8) is 0 Å². The monoisotopic (exact) mass is 370 g/mol. The number of hydrogen-bond acceptors (Lipinski definition) is 4. The van der Waals surface area contributed by atoms with Gasteiger partial charge in [-0.1, -0.05) is 25.1 Å². The molecule has 3 aliphatic heterocycles. The van der Waals surface area contributed by atoms with Crippen LogP contribution in [0.25, 0.3) is 0 Å². The third-order valence-corrected chi connectivity index (χ3v) is 7.08. The Balaban J connectivity index is 1.82. The first-order chi connectivity index (χ1) is 13.0. The molecule has 0 unspecified atom stereocenters. The van der Waals surface area contributed by atoms with Crippen molar-refractivity contribution in [2.24, 2.45) is 5.41 Å². The van der Waals surface area contributed by atoms with Gasteiger partial charge in [0, 0.05) is 25.1 Å². The first-order valence-electron chi connectivity index (χ1n) is 9.76. The number of para-hydroxylation sites is 1. The summed E-state index contributed by atoms with van der Waals surface area (Å²) in [7, 11) is 1.40. The van der Waals surface area contributed by atoms with Crippen molar-refractivity contribution < 1.29 is 19.1 Å². The molecule has 1 spiro atoms. The Morgan fingerprint density at radius 3 is 2.81 bits per heavy atom. The number of methoxy groups -OCH3 is 1. The Bertz CT molecular complexity index is 807. The molecule has 6 heteroatoms. The van der Waals surface area contributed by atoms with Gasteiger partial charge in [0.05, 0.1) is 18.6 Å². The summed E-state index contributed by atoms with van der Waals surface area (Å²) in [5, 5.41) is 3.05. The first-order valence-corrected chi connectivity index (χ1v) is 9.76. The maximum atomic E-state index is 13.3. The molecule has 1 aromatic carbocycles. The van der Waals surface area contributed by atoms with Crippen molar-refractivity contribution in [3.8, 4) is 0 Å². The molecule has 3 aliphatic rings. The van der Waals surface area contributed by atoms with Crippen LogP contribution < -0.4 is 5.32 Å². The van der Waals surface area contributed by atoms with Crippen LogP contribution >= 0.6 is 0 Å². The Kier molecular flexibility index (Phi) is 4.24. The zero-order valence-electron chi connectivity index (χ0n) is 15.9. The molecule has 3 atom stereocenters. The van der Waals surface area contributed by atoms with Crippen molar-refractivity contribution in [2.75, 3.05) is 19.0 Å². The van der Waals surface area contributed by atoms with Gasteiger partial charge >= 0.3 is 5.97 Å². The van der Waals surface area contributed by atoms with Gasteiger partial charge < -0.3 is 15.0 Å². The van der Waals surface area contributed by atoms with Crippen LogP contribution in [0.3, 0.4) is 0 Å². The van der Waals surface area contributed by atoms with Crippen LogP contribution in [0.15, 0.2) is 24.3 Å². The largest absolute Gasteiger partial charge is 0.469 e. The molecular weight excluding hydrogens is 344 g/mol. The summed E-state index contributed by atoms with van der Waals surface area (Å²) in [5.41, 5.74) is 0.847. The minimum absolute atomic E-state index is 0.0122. The molecule has 0 aromatic heterocycles. The zero-order chi connectivity index (χ0) is 19.2. The van der Waals surface area contributed by atoms with Crippen molar-refractivity contribution in [1.82, 2.24) is 4.90 Å². The molecule has 0 radical (unpaired) electrons. The summed E-state index contributed by atoms with van der Waals surface area (Å²) in [4.78, 5) is 39.8. The molecule has 0 bridgehead atoms. The molecule has 144 valence electrons. The Labute approximate surface area is 159 Å². The third kappa shape index (κ3) is 2.42. The van der Waals surface area contributed by atoms with Crippen LogP contribution in [-0.2, 0) is 24.5 Å². The number of nitrogens with one attached hydrogen (secondary N) is 1. The SMILES string of the molecule is CC[C@@]1(CCC(=O)OC)CCC(=O)N2CC[C@@]3(C(=O)Nc4ccccc43)[C@@H]21. The fourth-order valence-corrected chi connectivity index (χ4v) is 5.71. The predicted molar refractivity (Wildman–Crippen MR) is 100 cm³/mol. The van der Waals surface area contributed by atoms with Crippen molar-refractivity contribution >= 4 is 23.5 Å². The van der Waals surface area contributed by atoms with E-state index >= 15 is 0 Å². The van der Waals surface area contributed by atoms with E-state index in [-0.39, 0.29) is 29.2 Å². The summed E-state index contributed by atoms with van der Waals surface area (Å²) >= 11 is 0. The minimum Gasteiger partial charge on any atom is -0.469 e. The average Bonchev–Trinajstić information content (AvgIpc) is 3.23. The van der Waals surface area contributed by atoms with Gasteiger partial charge in [0.1, 0.15) is 0 Å². The van der Waals surface area contributed by atoms with Gasteiger partial charge in [-0.05, 0) is 42.7 Å². The quantitative estimate of drug-likeness (QED) is 0.827. The smallest absolute Gasteiger partial charge is 0.305 e. The number of carbonyl (C=O) groups is 3. The molecule has 1 aromatic rings. The lowest BCUT2D eigenvalue weighted by atomic mass is 9.58. The van der Waals surface area contributed by atoms with Crippen LogP contribution in [0.5, 0.6) is 0 Å².